The second-order valence-electron chi connectivity index (χ2n) is 35.6. The summed E-state index contributed by atoms with van der Waals surface area (Å²) in [5, 5.41) is 57.4. The molecule has 3 aliphatic rings. The molecule has 0 aliphatic heterocycles. The van der Waals surface area contributed by atoms with E-state index >= 15 is 0 Å². The van der Waals surface area contributed by atoms with Gasteiger partial charge in [0.05, 0.1) is 73.2 Å². The van der Waals surface area contributed by atoms with E-state index in [0.717, 1.165) is 128 Å². The largest absolute Gasteiger partial charge is 0.496 e. The zero-order chi connectivity index (χ0) is 94.0. The highest BCUT2D eigenvalue weighted by Gasteiger charge is 2.35. The van der Waals surface area contributed by atoms with Crippen molar-refractivity contribution in [1.82, 2.24) is 61.2 Å². The normalized spacial score (nSPS) is 16.2. The molecule has 131 heavy (non-hydrogen) atoms. The molecule has 30 heteroatoms. The molecule has 9 aromatic rings. The second kappa shape index (κ2) is 50.2. The molecule has 3 aromatic heterocycles. The summed E-state index contributed by atoms with van der Waals surface area (Å²) in [5.41, 5.74) is 8.16. The number of aromatic nitrogens is 6. The van der Waals surface area contributed by atoms with E-state index in [9.17, 15) is 43.2 Å². The first-order chi connectivity index (χ1) is 63.0. The van der Waals surface area contributed by atoms with Gasteiger partial charge < -0.3 is 75.6 Å². The van der Waals surface area contributed by atoms with Crippen molar-refractivity contribution < 1.29 is 86.9 Å². The molecule has 30 nitrogen and oxygen atoms in total. The number of carboxylic acids is 3. The lowest BCUT2D eigenvalue weighted by Gasteiger charge is -2.29. The third kappa shape index (κ3) is 30.6. The number of benzene rings is 6. The van der Waals surface area contributed by atoms with Gasteiger partial charge in [-0.1, -0.05) is 197 Å². The van der Waals surface area contributed by atoms with Gasteiger partial charge in [0.1, 0.15) is 74.0 Å². The maximum atomic E-state index is 13.7. The zero-order valence-electron chi connectivity index (χ0n) is 77.3. The molecule has 702 valence electrons. The number of aliphatic carboxylic acids is 3. The van der Waals surface area contributed by atoms with Crippen molar-refractivity contribution in [3.05, 3.63) is 198 Å². The quantitative estimate of drug-likeness (QED) is 0.0172. The molecule has 3 fully saturated rings. The van der Waals surface area contributed by atoms with Crippen LogP contribution in [0.2, 0.25) is 0 Å². The van der Waals surface area contributed by atoms with Crippen molar-refractivity contribution in [3.63, 3.8) is 0 Å². The Morgan fingerprint density at radius 1 is 0.359 bits per heavy atom. The standard InChI is InChI=1S/2C34H44N4O6.C33H42N4O6/c1-22(2)16-25(18-31(39)35-20-32(40)41)36-34(42)27-19-28(38(37-27)26-13-8-10-23(3)17-26)33-29(43-4)14-9-15-30(33)44-21-24-11-6-5-7-12-24;1-22(2)17-25(18-31(39)35-20-32(40)41)36-34(42)27-19-28(38(37-27)26-15-13-23(3)14-16-26)33-29(43-4)11-8-12-30(33)44-21-24-9-6-5-7-10-24;1-22(2)17-24(18-30(38)34-20-31(39)40)35-33(41)26-19-27(37(36-26)25-13-8-5-9-14-25)32-28(42-3)15-10-16-29(32)43-21-23-11-6-4-7-12-23/h5-7,9,11-12,14-15,19,22-23,25-26H,8,10,13,16-18,20-21H2,1-4H3,(H,35,39)(H,36,42)(H,40,41);5-12,19,22-23,25-26H,13-18,20-21H2,1-4H3,(H,35,39)(H,36,42)(H,40,41);4,6-7,10-12,15-16,19,22,24-25H,5,8-9,13-14,17-18,20-21H2,1-3H3,(H,34,38)(H,35,41)(H,39,40)/t2*23?,25-,26?;24-/m000/s1. The molecule has 0 radical (unpaired) electrons. The van der Waals surface area contributed by atoms with Crippen LogP contribution in [0.5, 0.6) is 34.5 Å². The lowest BCUT2D eigenvalue weighted by atomic mass is 9.87. The average Bonchev–Trinajstić information content (AvgIpc) is 1.65. The first-order valence-electron chi connectivity index (χ1n) is 45.7. The fraction of sp³-hybridized carbons (Fsp3) is 0.465. The van der Waals surface area contributed by atoms with Crippen molar-refractivity contribution in [1.29, 1.82) is 0 Å². The summed E-state index contributed by atoms with van der Waals surface area (Å²) < 4.78 is 42.2. The Labute approximate surface area is 767 Å². The van der Waals surface area contributed by atoms with Gasteiger partial charge in [0.15, 0.2) is 17.1 Å². The molecule has 3 saturated carbocycles. The van der Waals surface area contributed by atoms with E-state index in [-0.39, 0.29) is 72.2 Å². The summed E-state index contributed by atoms with van der Waals surface area (Å²) in [5.74, 6) is -0.405. The van der Waals surface area contributed by atoms with E-state index in [1.807, 2.05) is 201 Å². The Bertz CT molecular complexity index is 5230. The molecular formula is C101H130N12O18. The molecular weight excluding hydrogens is 1670 g/mol. The fourth-order valence-electron chi connectivity index (χ4n) is 17.2. The van der Waals surface area contributed by atoms with Gasteiger partial charge in [0.2, 0.25) is 17.7 Å². The topological polar surface area (TPSA) is 395 Å². The van der Waals surface area contributed by atoms with Crippen LogP contribution in [0, 0.1) is 29.6 Å². The number of methoxy groups -OCH3 is 3. The molecule has 2 unspecified atom stereocenters. The molecule has 6 amide bonds. The van der Waals surface area contributed by atoms with Gasteiger partial charge in [-0.15, -0.1) is 0 Å². The summed E-state index contributed by atoms with van der Waals surface area (Å²) in [6.45, 7) is 16.2. The highest BCUT2D eigenvalue weighted by molar-refractivity contribution is 5.97. The SMILES string of the molecule is COc1cccc(OCc2ccccc2)c1-c1cc(C(=O)N[C@H](CC(=O)NCC(=O)O)CC(C)C)nn1C1CCC(C)CC1.COc1cccc(OCc2ccccc2)c1-c1cc(C(=O)N[C@H](CC(=O)NCC(=O)O)CC(C)C)nn1C1CCCC(C)C1.COc1cccc(OCc2ccccc2)c1-c1cc(C(=O)N[C@H](CC(=O)NCC(=O)O)CC(C)C)nn1C1CCCCC1. The van der Waals surface area contributed by atoms with Crippen LogP contribution in [-0.2, 0) is 48.6 Å². The van der Waals surface area contributed by atoms with Crippen molar-refractivity contribution in [3.8, 4) is 68.3 Å². The number of carboxylic acid groups (broad SMARTS) is 3. The van der Waals surface area contributed by atoms with Crippen LogP contribution < -0.4 is 60.3 Å². The maximum Gasteiger partial charge on any atom is 0.322 e. The molecule has 0 bridgehead atoms. The highest BCUT2D eigenvalue weighted by atomic mass is 16.5. The molecule has 0 saturated heterocycles. The Balaban J connectivity index is 0.000000204. The van der Waals surface area contributed by atoms with Crippen LogP contribution in [0.15, 0.2) is 164 Å². The summed E-state index contributed by atoms with van der Waals surface area (Å²) in [4.78, 5) is 111. The Hall–Kier alpha value is -13.0. The molecule has 12 rings (SSSR count). The Kier molecular flexibility index (Phi) is 38.4. The van der Waals surface area contributed by atoms with Crippen LogP contribution in [0.1, 0.15) is 244 Å². The fourth-order valence-corrected chi connectivity index (χ4v) is 17.2. The van der Waals surface area contributed by atoms with Crippen molar-refractivity contribution >= 4 is 53.4 Å². The number of carbonyl (C=O) groups excluding carboxylic acids is 6. The third-order valence-electron chi connectivity index (χ3n) is 23.4. The smallest absolute Gasteiger partial charge is 0.322 e. The second-order valence-corrected chi connectivity index (χ2v) is 35.6. The summed E-state index contributed by atoms with van der Waals surface area (Å²) >= 11 is 0. The number of amides is 6. The number of hydrogen-bond acceptors (Lipinski definition) is 18. The van der Waals surface area contributed by atoms with Gasteiger partial charge >= 0.3 is 17.9 Å². The van der Waals surface area contributed by atoms with Gasteiger partial charge in [-0.05, 0) is 172 Å². The van der Waals surface area contributed by atoms with E-state index < -0.39 is 91.1 Å². The predicted octanol–water partition coefficient (Wildman–Crippen LogP) is 16.6. The van der Waals surface area contributed by atoms with E-state index in [2.05, 4.69) is 45.7 Å². The van der Waals surface area contributed by atoms with E-state index in [0.29, 0.717) is 85.4 Å². The Morgan fingerprint density at radius 3 is 0.954 bits per heavy atom. The molecule has 6 aromatic carbocycles. The number of nitrogens with zero attached hydrogens (tertiary/aromatic N) is 6. The van der Waals surface area contributed by atoms with Crippen LogP contribution in [0.3, 0.4) is 0 Å². The summed E-state index contributed by atoms with van der Waals surface area (Å²) in [6, 6.07) is 50.9. The molecule has 3 heterocycles. The van der Waals surface area contributed by atoms with Crippen LogP contribution in [0.25, 0.3) is 33.8 Å². The van der Waals surface area contributed by atoms with Gasteiger partial charge in [-0.2, -0.15) is 15.3 Å². The minimum absolute atomic E-state index is 0.0304. The van der Waals surface area contributed by atoms with Gasteiger partial charge in [0, 0.05) is 37.4 Å². The molecule has 5 atom stereocenters. The number of hydrogen-bond donors (Lipinski definition) is 9. The first-order valence-corrected chi connectivity index (χ1v) is 45.7. The van der Waals surface area contributed by atoms with Crippen LogP contribution in [-0.4, -0.2) is 157 Å². The molecule has 3 aliphatic carbocycles. The van der Waals surface area contributed by atoms with Crippen molar-refractivity contribution in [2.45, 2.75) is 233 Å². The molecule has 9 N–H and O–H groups in total. The predicted molar refractivity (Wildman–Crippen MR) is 498 cm³/mol. The van der Waals surface area contributed by atoms with E-state index in [4.69, 9.17) is 59.0 Å². The zero-order valence-corrected chi connectivity index (χ0v) is 77.3. The van der Waals surface area contributed by atoms with Crippen LogP contribution in [0.4, 0.5) is 0 Å². The van der Waals surface area contributed by atoms with E-state index in [1.165, 1.54) is 6.42 Å². The highest BCUT2D eigenvalue weighted by Crippen LogP contribution is 2.47. The summed E-state index contributed by atoms with van der Waals surface area (Å²) in [7, 11) is 4.84. The lowest BCUT2D eigenvalue weighted by Crippen LogP contribution is -2.41. The van der Waals surface area contributed by atoms with Crippen LogP contribution >= 0.6 is 0 Å². The number of rotatable bonds is 42. The molecule has 0 spiro atoms. The maximum absolute atomic E-state index is 13.7. The first kappa shape index (κ1) is 100. The van der Waals surface area contributed by atoms with Gasteiger partial charge in [-0.25, -0.2) is 0 Å². The van der Waals surface area contributed by atoms with Gasteiger partial charge in [-0.3, -0.25) is 57.2 Å². The summed E-state index contributed by atoms with van der Waals surface area (Å²) in [6.07, 6.45) is 14.9. The minimum atomic E-state index is -1.12. The number of ether oxygens (including phenoxy) is 6. The monoisotopic (exact) mass is 1800 g/mol. The lowest BCUT2D eigenvalue weighted by molar-refractivity contribution is -0.138. The third-order valence-corrected chi connectivity index (χ3v) is 23.4. The number of nitrogens with one attached hydrogen (secondary N) is 6. The minimum Gasteiger partial charge on any atom is -0.496 e. The van der Waals surface area contributed by atoms with E-state index in [1.54, 1.807) is 39.5 Å². The number of carbonyl (C=O) groups is 9. The van der Waals surface area contributed by atoms with Gasteiger partial charge in [0.25, 0.3) is 17.7 Å². The van der Waals surface area contributed by atoms with Crippen molar-refractivity contribution in [2.24, 2.45) is 29.6 Å². The Morgan fingerprint density at radius 2 is 0.656 bits per heavy atom. The van der Waals surface area contributed by atoms with Crippen molar-refractivity contribution in [2.75, 3.05) is 41.0 Å². The average molecular weight is 1800 g/mol.